The molecule has 5 unspecified atom stereocenters. The van der Waals surface area contributed by atoms with Crippen molar-refractivity contribution < 1.29 is 0 Å². The Kier molecular flexibility index (Phi) is 4.67. The summed E-state index contributed by atoms with van der Waals surface area (Å²) >= 11 is 0. The van der Waals surface area contributed by atoms with Gasteiger partial charge in [-0.05, 0) is 35.5 Å². The van der Waals surface area contributed by atoms with E-state index in [1.54, 1.807) is 0 Å². The first-order valence-electron chi connectivity index (χ1n) is 7.08. The van der Waals surface area contributed by atoms with Gasteiger partial charge in [-0.1, -0.05) is 60.8 Å². The van der Waals surface area contributed by atoms with E-state index >= 15 is 0 Å². The molecule has 0 aliphatic heterocycles. The lowest BCUT2D eigenvalue weighted by Crippen LogP contribution is -2.20. The SMILES string of the molecule is CCC(CC)C(C)C(C)C1C(C)C1CC. The fourth-order valence-corrected chi connectivity index (χ4v) is 3.90. The lowest BCUT2D eigenvalue weighted by Gasteiger charge is -2.28. The third kappa shape index (κ3) is 2.57. The van der Waals surface area contributed by atoms with E-state index in [-0.39, 0.29) is 0 Å². The van der Waals surface area contributed by atoms with Gasteiger partial charge in [-0.3, -0.25) is 0 Å². The second kappa shape index (κ2) is 5.37. The molecule has 0 saturated heterocycles. The van der Waals surface area contributed by atoms with Gasteiger partial charge in [-0.15, -0.1) is 0 Å². The van der Waals surface area contributed by atoms with Gasteiger partial charge in [0.05, 0.1) is 0 Å². The average molecular weight is 210 g/mol. The average Bonchev–Trinajstić information content (AvgIpc) is 2.89. The second-order valence-electron chi connectivity index (χ2n) is 5.80. The highest BCUT2D eigenvalue weighted by atomic mass is 14.5. The van der Waals surface area contributed by atoms with Gasteiger partial charge in [0.15, 0.2) is 0 Å². The van der Waals surface area contributed by atoms with Crippen LogP contribution in [0.4, 0.5) is 0 Å². The van der Waals surface area contributed by atoms with Crippen LogP contribution in [-0.4, -0.2) is 0 Å². The lowest BCUT2D eigenvalue weighted by molar-refractivity contribution is 0.216. The minimum Gasteiger partial charge on any atom is -0.0651 e. The summed E-state index contributed by atoms with van der Waals surface area (Å²) < 4.78 is 0. The summed E-state index contributed by atoms with van der Waals surface area (Å²) in [6.45, 7) is 14.5. The monoisotopic (exact) mass is 210 g/mol. The summed E-state index contributed by atoms with van der Waals surface area (Å²) in [6, 6.07) is 0. The van der Waals surface area contributed by atoms with Crippen LogP contribution >= 0.6 is 0 Å². The van der Waals surface area contributed by atoms with Crippen molar-refractivity contribution in [2.24, 2.45) is 35.5 Å². The molecular weight excluding hydrogens is 180 g/mol. The minimum atomic E-state index is 0.920. The first kappa shape index (κ1) is 13.1. The Hall–Kier alpha value is 0. The molecule has 5 atom stereocenters. The first-order valence-corrected chi connectivity index (χ1v) is 7.08. The molecule has 0 heteroatoms. The van der Waals surface area contributed by atoms with E-state index in [1.165, 1.54) is 19.3 Å². The molecule has 0 amide bonds. The maximum Gasteiger partial charge on any atom is -0.0326 e. The standard InChI is InChI=1S/C15H30/c1-7-13(8-2)10(4)11(5)15-12(6)14(15)9-3/h10-15H,7-9H2,1-6H3. The van der Waals surface area contributed by atoms with E-state index in [2.05, 4.69) is 41.5 Å². The molecule has 1 saturated carbocycles. The molecule has 0 bridgehead atoms. The molecule has 0 aromatic rings. The molecule has 1 aliphatic rings. The van der Waals surface area contributed by atoms with Gasteiger partial charge in [-0.25, -0.2) is 0 Å². The van der Waals surface area contributed by atoms with Crippen LogP contribution in [0.15, 0.2) is 0 Å². The van der Waals surface area contributed by atoms with Crippen LogP contribution in [-0.2, 0) is 0 Å². The summed E-state index contributed by atoms with van der Waals surface area (Å²) in [7, 11) is 0. The smallest absolute Gasteiger partial charge is 0.0326 e. The van der Waals surface area contributed by atoms with E-state index in [0.29, 0.717) is 0 Å². The quantitative estimate of drug-likeness (QED) is 0.579. The molecule has 0 aromatic carbocycles. The fourth-order valence-electron chi connectivity index (χ4n) is 3.90. The zero-order valence-electron chi connectivity index (χ0n) is 11.6. The van der Waals surface area contributed by atoms with Gasteiger partial charge in [-0.2, -0.15) is 0 Å². The van der Waals surface area contributed by atoms with Crippen molar-refractivity contribution in [3.8, 4) is 0 Å². The van der Waals surface area contributed by atoms with Gasteiger partial charge in [0, 0.05) is 0 Å². The summed E-state index contributed by atoms with van der Waals surface area (Å²) in [5.41, 5.74) is 0. The van der Waals surface area contributed by atoms with Crippen LogP contribution < -0.4 is 0 Å². The Morgan fingerprint density at radius 2 is 1.53 bits per heavy atom. The Morgan fingerprint density at radius 1 is 1.00 bits per heavy atom. The van der Waals surface area contributed by atoms with Crippen LogP contribution in [0.3, 0.4) is 0 Å². The molecule has 0 aromatic heterocycles. The van der Waals surface area contributed by atoms with Crippen LogP contribution in [0.2, 0.25) is 0 Å². The fraction of sp³-hybridized carbons (Fsp3) is 1.00. The molecule has 1 fully saturated rings. The van der Waals surface area contributed by atoms with Crippen molar-refractivity contribution in [3.05, 3.63) is 0 Å². The minimum absolute atomic E-state index is 0.920. The maximum atomic E-state index is 2.50. The van der Waals surface area contributed by atoms with E-state index < -0.39 is 0 Å². The van der Waals surface area contributed by atoms with E-state index in [4.69, 9.17) is 0 Å². The van der Waals surface area contributed by atoms with Crippen molar-refractivity contribution in [2.75, 3.05) is 0 Å². The van der Waals surface area contributed by atoms with Crippen molar-refractivity contribution in [1.82, 2.24) is 0 Å². The van der Waals surface area contributed by atoms with Gasteiger partial charge in [0.2, 0.25) is 0 Å². The Morgan fingerprint density at radius 3 is 1.87 bits per heavy atom. The summed E-state index contributed by atoms with van der Waals surface area (Å²) in [4.78, 5) is 0. The summed E-state index contributed by atoms with van der Waals surface area (Å²) in [6.07, 6.45) is 4.12. The highest BCUT2D eigenvalue weighted by Gasteiger charge is 2.49. The van der Waals surface area contributed by atoms with E-state index in [0.717, 1.165) is 35.5 Å². The molecule has 1 aliphatic carbocycles. The zero-order chi connectivity index (χ0) is 11.6. The van der Waals surface area contributed by atoms with E-state index in [9.17, 15) is 0 Å². The van der Waals surface area contributed by atoms with Crippen LogP contribution in [0.1, 0.15) is 60.8 Å². The number of hydrogen-bond acceptors (Lipinski definition) is 0. The third-order valence-electron chi connectivity index (χ3n) is 5.34. The van der Waals surface area contributed by atoms with Crippen molar-refractivity contribution in [2.45, 2.75) is 60.8 Å². The molecule has 0 spiro atoms. The third-order valence-corrected chi connectivity index (χ3v) is 5.34. The second-order valence-corrected chi connectivity index (χ2v) is 5.80. The van der Waals surface area contributed by atoms with Crippen LogP contribution in [0.5, 0.6) is 0 Å². The molecule has 0 radical (unpaired) electrons. The molecule has 0 nitrogen and oxygen atoms in total. The lowest BCUT2D eigenvalue weighted by atomic mass is 9.78. The molecular formula is C15H30. The Balaban J connectivity index is 2.50. The van der Waals surface area contributed by atoms with Crippen LogP contribution in [0, 0.1) is 35.5 Å². The topological polar surface area (TPSA) is 0 Å². The number of rotatable bonds is 6. The van der Waals surface area contributed by atoms with Gasteiger partial charge in [0.25, 0.3) is 0 Å². The van der Waals surface area contributed by atoms with Crippen molar-refractivity contribution >= 4 is 0 Å². The molecule has 0 N–H and O–H groups in total. The highest BCUT2D eigenvalue weighted by molar-refractivity contribution is 4.97. The van der Waals surface area contributed by atoms with Crippen molar-refractivity contribution in [1.29, 1.82) is 0 Å². The highest BCUT2D eigenvalue weighted by Crippen LogP contribution is 2.55. The predicted molar refractivity (Wildman–Crippen MR) is 68.8 cm³/mol. The summed E-state index contributed by atoms with van der Waals surface area (Å²) in [5, 5.41) is 0. The van der Waals surface area contributed by atoms with Crippen molar-refractivity contribution in [3.63, 3.8) is 0 Å². The van der Waals surface area contributed by atoms with Gasteiger partial charge in [0.1, 0.15) is 0 Å². The summed E-state index contributed by atoms with van der Waals surface area (Å²) in [5.74, 6) is 5.88. The largest absolute Gasteiger partial charge is 0.0651 e. The number of hydrogen-bond donors (Lipinski definition) is 0. The normalized spacial score (nSPS) is 34.2. The molecule has 90 valence electrons. The molecule has 15 heavy (non-hydrogen) atoms. The molecule has 1 rings (SSSR count). The zero-order valence-corrected chi connectivity index (χ0v) is 11.6. The predicted octanol–water partition coefficient (Wildman–Crippen LogP) is 4.99. The molecule has 0 heterocycles. The van der Waals surface area contributed by atoms with E-state index in [1.807, 2.05) is 0 Å². The Bertz CT molecular complexity index is 180. The first-order chi connectivity index (χ1) is 7.08. The van der Waals surface area contributed by atoms with Gasteiger partial charge < -0.3 is 0 Å². The Labute approximate surface area is 96.8 Å². The maximum absolute atomic E-state index is 2.50. The van der Waals surface area contributed by atoms with Gasteiger partial charge >= 0.3 is 0 Å². The van der Waals surface area contributed by atoms with Crippen LogP contribution in [0.25, 0.3) is 0 Å².